The number of H-pyrrole nitrogens is 1. The van der Waals surface area contributed by atoms with Gasteiger partial charge in [-0.1, -0.05) is 26.3 Å². The van der Waals surface area contributed by atoms with E-state index in [1.807, 2.05) is 24.1 Å². The number of pyridine rings is 1. The molecule has 1 aliphatic rings. The van der Waals surface area contributed by atoms with Gasteiger partial charge < -0.3 is 19.9 Å². The van der Waals surface area contributed by atoms with Crippen molar-refractivity contribution in [2.24, 2.45) is 0 Å². The van der Waals surface area contributed by atoms with Crippen LogP contribution in [0.15, 0.2) is 60.3 Å². The van der Waals surface area contributed by atoms with E-state index in [9.17, 15) is 4.79 Å². The van der Waals surface area contributed by atoms with Crippen LogP contribution < -0.4 is 5.32 Å². The molecule has 0 saturated carbocycles. The number of ether oxygens (including phenoxy) is 1. The van der Waals surface area contributed by atoms with E-state index in [-0.39, 0.29) is 5.91 Å². The lowest BCUT2D eigenvalue weighted by Crippen LogP contribution is -2.24. The molecule has 6 nitrogen and oxygen atoms in total. The summed E-state index contributed by atoms with van der Waals surface area (Å²) in [5.74, 6) is 0.768. The summed E-state index contributed by atoms with van der Waals surface area (Å²) in [5, 5.41) is 3.84. The van der Waals surface area contributed by atoms with E-state index in [0.717, 1.165) is 59.3 Å². The first-order valence-corrected chi connectivity index (χ1v) is 10.9. The minimum atomic E-state index is -0.0582. The van der Waals surface area contributed by atoms with Crippen molar-refractivity contribution in [3.05, 3.63) is 71.5 Å². The molecule has 0 fully saturated rings. The number of methoxy groups -OCH3 is 1. The van der Waals surface area contributed by atoms with E-state index in [0.29, 0.717) is 12.1 Å². The second-order valence-electron chi connectivity index (χ2n) is 7.68. The number of carbonyl (C=O) groups is 1. The fraction of sp³-hybridized carbons (Fsp3) is 0.360. The average molecular weight is 421 g/mol. The number of unbranched alkanes of at least 4 members (excludes halogenated alkanes) is 1. The highest BCUT2D eigenvalue weighted by Gasteiger charge is 2.17. The maximum Gasteiger partial charge on any atom is 0.252 e. The number of carbonyl (C=O) groups excluding carboxylic acids is 1. The molecule has 0 bridgehead atoms. The van der Waals surface area contributed by atoms with E-state index in [1.165, 1.54) is 0 Å². The van der Waals surface area contributed by atoms with Crippen LogP contribution in [0.2, 0.25) is 0 Å². The molecule has 0 aromatic carbocycles. The predicted octanol–water partition coefficient (Wildman–Crippen LogP) is 5.15. The van der Waals surface area contributed by atoms with Crippen LogP contribution >= 0.6 is 0 Å². The Balaban J connectivity index is 1.86. The molecular weight excluding hydrogens is 388 g/mol. The minimum Gasteiger partial charge on any atom is -0.497 e. The van der Waals surface area contributed by atoms with Gasteiger partial charge in [-0.2, -0.15) is 0 Å². The summed E-state index contributed by atoms with van der Waals surface area (Å²) in [6.07, 6.45) is 15.7. The van der Waals surface area contributed by atoms with Gasteiger partial charge in [-0.15, -0.1) is 0 Å². The standard InChI is InChI=1S/C25H32N4O2/c1-5-7-9-20(31-4)14-18-13-19(17-29(3)16-18)23-15-22-21(10-12-26-24(22)28-23)25(30)27-11-8-6-2/h7,9-10,12,14-17H,5-6,8,11,13H2,1-4H3,(H,26,28)(H,27,30)/b9-7-,20-14+. The van der Waals surface area contributed by atoms with Gasteiger partial charge in [-0.3, -0.25) is 4.79 Å². The van der Waals surface area contributed by atoms with Crippen LogP contribution in [0, 0.1) is 0 Å². The largest absolute Gasteiger partial charge is 0.497 e. The number of allylic oxidation sites excluding steroid dienone is 5. The molecule has 0 saturated heterocycles. The predicted molar refractivity (Wildman–Crippen MR) is 126 cm³/mol. The highest BCUT2D eigenvalue weighted by molar-refractivity contribution is 6.06. The summed E-state index contributed by atoms with van der Waals surface area (Å²) in [6.45, 7) is 4.89. The quantitative estimate of drug-likeness (QED) is 0.334. The smallest absolute Gasteiger partial charge is 0.252 e. The Morgan fingerprint density at radius 3 is 2.94 bits per heavy atom. The van der Waals surface area contributed by atoms with Gasteiger partial charge in [0.05, 0.1) is 12.7 Å². The molecule has 2 aromatic heterocycles. The van der Waals surface area contributed by atoms with Crippen LogP contribution in [0.3, 0.4) is 0 Å². The number of nitrogens with one attached hydrogen (secondary N) is 2. The Hall–Kier alpha value is -3.28. The highest BCUT2D eigenvalue weighted by atomic mass is 16.5. The normalized spacial score (nSPS) is 14.7. The number of nitrogens with zero attached hydrogens (tertiary/aromatic N) is 2. The first kappa shape index (κ1) is 22.4. The van der Waals surface area contributed by atoms with Crippen molar-refractivity contribution >= 4 is 22.5 Å². The topological polar surface area (TPSA) is 70.2 Å². The molecule has 3 rings (SSSR count). The van der Waals surface area contributed by atoms with Crippen molar-refractivity contribution in [3.63, 3.8) is 0 Å². The molecule has 0 atom stereocenters. The molecule has 1 aliphatic heterocycles. The van der Waals surface area contributed by atoms with Crippen molar-refractivity contribution in [2.75, 3.05) is 20.7 Å². The SMILES string of the molecule is CC/C=C\C(=C/C1=CN(C)C=C(c2cc3c(C(=O)NCCCC)ccnc3[nH]2)C1)OC. The summed E-state index contributed by atoms with van der Waals surface area (Å²) >= 11 is 0. The zero-order chi connectivity index (χ0) is 22.2. The van der Waals surface area contributed by atoms with Gasteiger partial charge in [0.2, 0.25) is 0 Å². The fourth-order valence-corrected chi connectivity index (χ4v) is 3.57. The molecule has 3 heterocycles. The van der Waals surface area contributed by atoms with Crippen molar-refractivity contribution < 1.29 is 9.53 Å². The average Bonchev–Trinajstić information content (AvgIpc) is 3.21. The van der Waals surface area contributed by atoms with Crippen molar-refractivity contribution in [3.8, 4) is 0 Å². The molecular formula is C25H32N4O2. The first-order valence-electron chi connectivity index (χ1n) is 10.9. The molecule has 0 unspecified atom stereocenters. The molecule has 1 amide bonds. The zero-order valence-electron chi connectivity index (χ0n) is 18.9. The molecule has 6 heteroatoms. The second kappa shape index (κ2) is 10.7. The lowest BCUT2D eigenvalue weighted by Gasteiger charge is -2.20. The number of fused-ring (bicyclic) bond motifs is 1. The van der Waals surface area contributed by atoms with Gasteiger partial charge in [-0.25, -0.2) is 4.98 Å². The van der Waals surface area contributed by atoms with Crippen molar-refractivity contribution in [2.45, 2.75) is 39.5 Å². The summed E-state index contributed by atoms with van der Waals surface area (Å²) in [6, 6.07) is 3.80. The Kier molecular flexibility index (Phi) is 7.70. The molecule has 2 N–H and O–H groups in total. The Morgan fingerprint density at radius 1 is 1.35 bits per heavy atom. The van der Waals surface area contributed by atoms with Gasteiger partial charge in [0.15, 0.2) is 0 Å². The van der Waals surface area contributed by atoms with Gasteiger partial charge in [0.25, 0.3) is 5.91 Å². The highest BCUT2D eigenvalue weighted by Crippen LogP contribution is 2.30. The third-order valence-corrected chi connectivity index (χ3v) is 5.14. The monoisotopic (exact) mass is 420 g/mol. The van der Waals surface area contributed by atoms with E-state index in [2.05, 4.69) is 53.7 Å². The molecule has 0 spiro atoms. The number of hydrogen-bond donors (Lipinski definition) is 2. The lowest BCUT2D eigenvalue weighted by molar-refractivity contribution is 0.0954. The number of aromatic nitrogens is 2. The molecule has 164 valence electrons. The molecule has 0 aliphatic carbocycles. The summed E-state index contributed by atoms with van der Waals surface area (Å²) in [5.41, 5.74) is 4.60. The second-order valence-corrected chi connectivity index (χ2v) is 7.68. The number of rotatable bonds is 9. The maximum absolute atomic E-state index is 12.7. The van der Waals surface area contributed by atoms with E-state index in [4.69, 9.17) is 4.74 Å². The summed E-state index contributed by atoms with van der Waals surface area (Å²) in [4.78, 5) is 22.5. The lowest BCUT2D eigenvalue weighted by atomic mass is 10.00. The maximum atomic E-state index is 12.7. The van der Waals surface area contributed by atoms with Gasteiger partial charge in [-0.05, 0) is 48.3 Å². The van der Waals surface area contributed by atoms with Crippen molar-refractivity contribution in [1.29, 1.82) is 0 Å². The van der Waals surface area contributed by atoms with E-state index in [1.54, 1.807) is 19.4 Å². The molecule has 31 heavy (non-hydrogen) atoms. The molecule has 0 radical (unpaired) electrons. The zero-order valence-corrected chi connectivity index (χ0v) is 18.9. The number of amides is 1. The Bertz CT molecular complexity index is 1040. The van der Waals surface area contributed by atoms with E-state index >= 15 is 0 Å². The molecule has 2 aromatic rings. The summed E-state index contributed by atoms with van der Waals surface area (Å²) in [7, 11) is 3.70. The van der Waals surface area contributed by atoms with Crippen LogP contribution in [-0.2, 0) is 4.74 Å². The number of aromatic amines is 1. The van der Waals surface area contributed by atoms with Crippen LogP contribution in [-0.4, -0.2) is 41.5 Å². The van der Waals surface area contributed by atoms with Crippen LogP contribution in [0.4, 0.5) is 0 Å². The van der Waals surface area contributed by atoms with Crippen LogP contribution in [0.5, 0.6) is 0 Å². The third-order valence-electron chi connectivity index (χ3n) is 5.14. The van der Waals surface area contributed by atoms with Crippen LogP contribution in [0.25, 0.3) is 16.6 Å². The fourth-order valence-electron chi connectivity index (χ4n) is 3.57. The van der Waals surface area contributed by atoms with Crippen LogP contribution in [0.1, 0.15) is 55.6 Å². The van der Waals surface area contributed by atoms with E-state index < -0.39 is 0 Å². The minimum absolute atomic E-state index is 0.0582. The summed E-state index contributed by atoms with van der Waals surface area (Å²) < 4.78 is 5.49. The number of hydrogen-bond acceptors (Lipinski definition) is 4. The first-order chi connectivity index (χ1) is 15.0. The van der Waals surface area contributed by atoms with Gasteiger partial charge >= 0.3 is 0 Å². The van der Waals surface area contributed by atoms with Gasteiger partial charge in [0, 0.05) is 49.7 Å². The Labute approximate surface area is 184 Å². The Morgan fingerprint density at radius 2 is 2.19 bits per heavy atom. The van der Waals surface area contributed by atoms with Gasteiger partial charge in [0.1, 0.15) is 11.4 Å². The third kappa shape index (κ3) is 5.66. The van der Waals surface area contributed by atoms with Crippen molar-refractivity contribution in [1.82, 2.24) is 20.2 Å².